The number of carbonyl (C=O) groups is 1. The van der Waals surface area contributed by atoms with Crippen molar-refractivity contribution < 1.29 is 23.7 Å². The second-order valence-electron chi connectivity index (χ2n) is 4.63. The molecule has 5 heteroatoms. The third kappa shape index (κ3) is 3.63. The normalized spacial score (nSPS) is 17.8. The molecule has 0 aromatic heterocycles. The summed E-state index contributed by atoms with van der Waals surface area (Å²) in [6, 6.07) is 4.99. The highest BCUT2D eigenvalue weighted by atomic mass is 16.5. The molecule has 1 atom stereocenters. The maximum Gasteiger partial charge on any atom is 0.337 e. The average Bonchev–Trinajstić information content (AvgIpc) is 2.99. The molecule has 1 fully saturated rings. The van der Waals surface area contributed by atoms with Crippen LogP contribution in [0.4, 0.5) is 0 Å². The molecular weight excluding hydrogens is 260 g/mol. The first kappa shape index (κ1) is 14.7. The van der Waals surface area contributed by atoms with E-state index in [9.17, 15) is 4.79 Å². The highest BCUT2D eigenvalue weighted by molar-refractivity contribution is 5.90. The van der Waals surface area contributed by atoms with Crippen LogP contribution in [0.1, 0.15) is 29.6 Å². The lowest BCUT2D eigenvalue weighted by molar-refractivity contribution is 0.0599. The Balaban J connectivity index is 1.98. The van der Waals surface area contributed by atoms with E-state index in [1.54, 1.807) is 25.3 Å². The van der Waals surface area contributed by atoms with Crippen molar-refractivity contribution in [2.75, 3.05) is 27.4 Å². The van der Waals surface area contributed by atoms with Crippen LogP contribution in [0.2, 0.25) is 0 Å². The van der Waals surface area contributed by atoms with Gasteiger partial charge in [0.2, 0.25) is 0 Å². The summed E-state index contributed by atoms with van der Waals surface area (Å²) < 4.78 is 21.2. The standard InChI is InChI=1S/C15H20O5/c1-17-13-6-5-11(15(16)18-2)10-14(13)20-9-7-12-4-3-8-19-12/h5-6,10,12H,3-4,7-9H2,1-2H3. The molecule has 0 N–H and O–H groups in total. The van der Waals surface area contributed by atoms with Crippen LogP contribution in [0.5, 0.6) is 11.5 Å². The molecule has 20 heavy (non-hydrogen) atoms. The lowest BCUT2D eigenvalue weighted by Gasteiger charge is -2.13. The summed E-state index contributed by atoms with van der Waals surface area (Å²) in [6.45, 7) is 1.37. The quantitative estimate of drug-likeness (QED) is 0.749. The summed E-state index contributed by atoms with van der Waals surface area (Å²) in [5, 5.41) is 0. The Bertz CT molecular complexity index is 452. The molecule has 1 saturated heterocycles. The van der Waals surface area contributed by atoms with Crippen LogP contribution in [-0.2, 0) is 9.47 Å². The van der Waals surface area contributed by atoms with Crippen molar-refractivity contribution in [2.45, 2.75) is 25.4 Å². The summed E-state index contributed by atoms with van der Waals surface area (Å²) in [5.74, 6) is 0.759. The number of hydrogen-bond donors (Lipinski definition) is 0. The first-order valence-corrected chi connectivity index (χ1v) is 6.75. The zero-order valence-electron chi connectivity index (χ0n) is 11.9. The van der Waals surface area contributed by atoms with Crippen molar-refractivity contribution in [3.63, 3.8) is 0 Å². The summed E-state index contributed by atoms with van der Waals surface area (Å²) in [6.07, 6.45) is 3.32. The SMILES string of the molecule is COC(=O)c1ccc(OC)c(OCCC2CCCO2)c1. The van der Waals surface area contributed by atoms with Crippen LogP contribution in [-0.4, -0.2) is 39.5 Å². The van der Waals surface area contributed by atoms with Gasteiger partial charge in [-0.2, -0.15) is 0 Å². The number of methoxy groups -OCH3 is 2. The van der Waals surface area contributed by atoms with Gasteiger partial charge in [-0.05, 0) is 31.0 Å². The van der Waals surface area contributed by atoms with Crippen molar-refractivity contribution >= 4 is 5.97 Å². The van der Waals surface area contributed by atoms with Gasteiger partial charge in [-0.1, -0.05) is 0 Å². The van der Waals surface area contributed by atoms with Gasteiger partial charge in [-0.3, -0.25) is 0 Å². The smallest absolute Gasteiger partial charge is 0.337 e. The molecule has 0 radical (unpaired) electrons. The van der Waals surface area contributed by atoms with Gasteiger partial charge in [-0.15, -0.1) is 0 Å². The van der Waals surface area contributed by atoms with Gasteiger partial charge in [0.25, 0.3) is 0 Å². The van der Waals surface area contributed by atoms with Gasteiger partial charge in [0.1, 0.15) is 0 Å². The molecule has 0 saturated carbocycles. The van der Waals surface area contributed by atoms with E-state index in [2.05, 4.69) is 0 Å². The average molecular weight is 280 g/mol. The van der Waals surface area contributed by atoms with Gasteiger partial charge in [0, 0.05) is 13.0 Å². The Hall–Kier alpha value is -1.75. The molecule has 0 amide bonds. The lowest BCUT2D eigenvalue weighted by atomic mass is 10.2. The second kappa shape index (κ2) is 7.14. The fourth-order valence-corrected chi connectivity index (χ4v) is 2.21. The number of carbonyl (C=O) groups excluding carboxylic acids is 1. The molecule has 0 spiro atoms. The van der Waals surface area contributed by atoms with E-state index < -0.39 is 5.97 Å². The molecule has 1 aliphatic heterocycles. The molecule has 110 valence electrons. The second-order valence-corrected chi connectivity index (χ2v) is 4.63. The van der Waals surface area contributed by atoms with Crippen molar-refractivity contribution in [1.29, 1.82) is 0 Å². The largest absolute Gasteiger partial charge is 0.493 e. The lowest BCUT2D eigenvalue weighted by Crippen LogP contribution is -2.11. The predicted molar refractivity (Wildman–Crippen MR) is 73.4 cm³/mol. The van der Waals surface area contributed by atoms with Crippen molar-refractivity contribution in [3.8, 4) is 11.5 Å². The minimum absolute atomic E-state index is 0.282. The van der Waals surface area contributed by atoms with Crippen LogP contribution in [0.25, 0.3) is 0 Å². The minimum Gasteiger partial charge on any atom is -0.493 e. The van der Waals surface area contributed by atoms with Crippen molar-refractivity contribution in [2.24, 2.45) is 0 Å². The van der Waals surface area contributed by atoms with Gasteiger partial charge in [-0.25, -0.2) is 4.79 Å². The van der Waals surface area contributed by atoms with Gasteiger partial charge in [0.15, 0.2) is 11.5 Å². The molecule has 1 aromatic carbocycles. The fourth-order valence-electron chi connectivity index (χ4n) is 2.21. The van der Waals surface area contributed by atoms with E-state index in [0.29, 0.717) is 23.7 Å². The topological polar surface area (TPSA) is 54.0 Å². The van der Waals surface area contributed by atoms with Gasteiger partial charge < -0.3 is 18.9 Å². The Morgan fingerprint density at radius 3 is 2.85 bits per heavy atom. The maximum absolute atomic E-state index is 11.5. The van der Waals surface area contributed by atoms with Crippen LogP contribution in [0, 0.1) is 0 Å². The zero-order chi connectivity index (χ0) is 14.4. The molecule has 1 unspecified atom stereocenters. The zero-order valence-corrected chi connectivity index (χ0v) is 11.9. The Morgan fingerprint density at radius 2 is 2.20 bits per heavy atom. The third-order valence-electron chi connectivity index (χ3n) is 3.31. The maximum atomic E-state index is 11.5. The van der Waals surface area contributed by atoms with Crippen LogP contribution in [0.15, 0.2) is 18.2 Å². The molecule has 0 aliphatic carbocycles. The van der Waals surface area contributed by atoms with Crippen LogP contribution in [0.3, 0.4) is 0 Å². The van der Waals surface area contributed by atoms with E-state index in [4.69, 9.17) is 18.9 Å². The molecule has 5 nitrogen and oxygen atoms in total. The first-order chi connectivity index (χ1) is 9.74. The minimum atomic E-state index is -0.392. The van der Waals surface area contributed by atoms with Crippen LogP contribution < -0.4 is 9.47 Å². The molecule has 1 aromatic rings. The Morgan fingerprint density at radius 1 is 1.35 bits per heavy atom. The summed E-state index contributed by atoms with van der Waals surface area (Å²) in [4.78, 5) is 11.5. The van der Waals surface area contributed by atoms with Gasteiger partial charge in [0.05, 0.1) is 32.5 Å². The number of esters is 1. The third-order valence-corrected chi connectivity index (χ3v) is 3.31. The highest BCUT2D eigenvalue weighted by Crippen LogP contribution is 2.29. The van der Waals surface area contributed by atoms with E-state index >= 15 is 0 Å². The molecular formula is C15H20O5. The summed E-state index contributed by atoms with van der Waals surface area (Å²) in [5.41, 5.74) is 0.445. The predicted octanol–water partition coefficient (Wildman–Crippen LogP) is 2.43. The molecule has 1 aliphatic rings. The van der Waals surface area contributed by atoms with E-state index in [-0.39, 0.29) is 6.10 Å². The van der Waals surface area contributed by atoms with E-state index in [0.717, 1.165) is 25.9 Å². The highest BCUT2D eigenvalue weighted by Gasteiger charge is 2.16. The number of rotatable bonds is 6. The fraction of sp³-hybridized carbons (Fsp3) is 0.533. The van der Waals surface area contributed by atoms with Crippen molar-refractivity contribution in [3.05, 3.63) is 23.8 Å². The monoisotopic (exact) mass is 280 g/mol. The van der Waals surface area contributed by atoms with Crippen LogP contribution >= 0.6 is 0 Å². The van der Waals surface area contributed by atoms with E-state index in [1.807, 2.05) is 0 Å². The van der Waals surface area contributed by atoms with E-state index in [1.165, 1.54) is 7.11 Å². The Kier molecular flexibility index (Phi) is 5.24. The summed E-state index contributed by atoms with van der Waals surface area (Å²) in [7, 11) is 2.92. The summed E-state index contributed by atoms with van der Waals surface area (Å²) >= 11 is 0. The number of benzene rings is 1. The van der Waals surface area contributed by atoms with Gasteiger partial charge >= 0.3 is 5.97 Å². The molecule has 1 heterocycles. The van der Waals surface area contributed by atoms with Crippen molar-refractivity contribution in [1.82, 2.24) is 0 Å². The number of ether oxygens (including phenoxy) is 4. The number of hydrogen-bond acceptors (Lipinski definition) is 5. The Labute approximate surface area is 118 Å². The molecule has 2 rings (SSSR count). The first-order valence-electron chi connectivity index (χ1n) is 6.75. The molecule has 0 bridgehead atoms.